The molecule has 0 amide bonds. The zero-order chi connectivity index (χ0) is 13.7. The van der Waals surface area contributed by atoms with Crippen molar-refractivity contribution in [3.63, 3.8) is 0 Å². The van der Waals surface area contributed by atoms with E-state index < -0.39 is 6.10 Å². The summed E-state index contributed by atoms with van der Waals surface area (Å²) in [6, 6.07) is 13.6. The lowest BCUT2D eigenvalue weighted by Gasteiger charge is -2.12. The number of hydrogen-bond donors (Lipinski definition) is 1. The number of benzene rings is 2. The van der Waals surface area contributed by atoms with Crippen molar-refractivity contribution in [2.45, 2.75) is 19.4 Å². The summed E-state index contributed by atoms with van der Waals surface area (Å²) in [6.07, 6.45) is -0.247. The molecule has 1 unspecified atom stereocenters. The Hall–Kier alpha value is -1.87. The molecule has 0 aliphatic carbocycles. The first-order chi connectivity index (χ1) is 9.19. The largest absolute Gasteiger partial charge is 0.494 e. The lowest BCUT2D eigenvalue weighted by Crippen LogP contribution is -2.02. The third-order valence-corrected chi connectivity index (χ3v) is 2.89. The second-order valence-corrected chi connectivity index (χ2v) is 4.35. The van der Waals surface area contributed by atoms with Crippen LogP contribution in [0.1, 0.15) is 24.2 Å². The summed E-state index contributed by atoms with van der Waals surface area (Å²) in [7, 11) is 0. The van der Waals surface area contributed by atoms with Crippen LogP contribution in [0.2, 0.25) is 0 Å². The third kappa shape index (κ3) is 3.80. The molecular formula is C16H17FO2. The summed E-state index contributed by atoms with van der Waals surface area (Å²) in [5.74, 6) is 0.501. The molecule has 2 aromatic carbocycles. The maximum Gasteiger partial charge on any atom is 0.123 e. The SMILES string of the molecule is CCOc1ccc(C(O)Cc2cccc(F)c2)cc1. The minimum absolute atomic E-state index is 0.281. The van der Waals surface area contributed by atoms with E-state index in [1.165, 1.54) is 12.1 Å². The Morgan fingerprint density at radius 2 is 1.89 bits per heavy atom. The van der Waals surface area contributed by atoms with Crippen LogP contribution in [0, 0.1) is 5.82 Å². The summed E-state index contributed by atoms with van der Waals surface area (Å²) < 4.78 is 18.4. The molecule has 0 aliphatic heterocycles. The van der Waals surface area contributed by atoms with Crippen molar-refractivity contribution < 1.29 is 14.2 Å². The minimum Gasteiger partial charge on any atom is -0.494 e. The van der Waals surface area contributed by atoms with Gasteiger partial charge in [0, 0.05) is 6.42 Å². The Labute approximate surface area is 112 Å². The number of aliphatic hydroxyl groups excluding tert-OH is 1. The van der Waals surface area contributed by atoms with Gasteiger partial charge in [0.25, 0.3) is 0 Å². The molecule has 2 rings (SSSR count). The maximum absolute atomic E-state index is 13.1. The topological polar surface area (TPSA) is 29.5 Å². The lowest BCUT2D eigenvalue weighted by molar-refractivity contribution is 0.178. The first-order valence-electron chi connectivity index (χ1n) is 6.34. The summed E-state index contributed by atoms with van der Waals surface area (Å²) in [5.41, 5.74) is 1.58. The quantitative estimate of drug-likeness (QED) is 0.891. The van der Waals surface area contributed by atoms with Gasteiger partial charge < -0.3 is 9.84 Å². The average molecular weight is 260 g/mol. The number of hydrogen-bond acceptors (Lipinski definition) is 2. The Kier molecular flexibility index (Phi) is 4.53. The highest BCUT2D eigenvalue weighted by atomic mass is 19.1. The molecule has 3 heteroatoms. The van der Waals surface area contributed by atoms with Gasteiger partial charge >= 0.3 is 0 Å². The maximum atomic E-state index is 13.1. The molecule has 0 saturated heterocycles. The fourth-order valence-corrected chi connectivity index (χ4v) is 1.96. The Morgan fingerprint density at radius 1 is 1.16 bits per heavy atom. The number of ether oxygens (including phenoxy) is 1. The fourth-order valence-electron chi connectivity index (χ4n) is 1.96. The van der Waals surface area contributed by atoms with Crippen molar-refractivity contribution in [2.24, 2.45) is 0 Å². The molecular weight excluding hydrogens is 243 g/mol. The monoisotopic (exact) mass is 260 g/mol. The molecule has 0 saturated carbocycles. The van der Waals surface area contributed by atoms with Crippen molar-refractivity contribution in [1.29, 1.82) is 0 Å². The molecule has 2 nitrogen and oxygen atoms in total. The Bertz CT molecular complexity index is 523. The molecule has 0 radical (unpaired) electrons. The first-order valence-corrected chi connectivity index (χ1v) is 6.34. The molecule has 0 fully saturated rings. The van der Waals surface area contributed by atoms with Gasteiger partial charge in [0.1, 0.15) is 11.6 Å². The molecule has 1 atom stereocenters. The third-order valence-electron chi connectivity index (χ3n) is 2.89. The molecule has 19 heavy (non-hydrogen) atoms. The fraction of sp³-hybridized carbons (Fsp3) is 0.250. The van der Waals surface area contributed by atoms with Crippen molar-refractivity contribution in [3.8, 4) is 5.75 Å². The smallest absolute Gasteiger partial charge is 0.123 e. The van der Waals surface area contributed by atoms with Crippen LogP contribution in [0.3, 0.4) is 0 Å². The van der Waals surface area contributed by atoms with Crippen LogP contribution in [-0.4, -0.2) is 11.7 Å². The van der Waals surface area contributed by atoms with Gasteiger partial charge in [-0.1, -0.05) is 24.3 Å². The molecule has 100 valence electrons. The van der Waals surface area contributed by atoms with Crippen LogP contribution < -0.4 is 4.74 Å². The average Bonchev–Trinajstić information content (AvgIpc) is 2.40. The van der Waals surface area contributed by atoms with Gasteiger partial charge in [0.15, 0.2) is 0 Å². The van der Waals surface area contributed by atoms with Gasteiger partial charge in [-0.15, -0.1) is 0 Å². The van der Waals surface area contributed by atoms with Crippen LogP contribution in [0.15, 0.2) is 48.5 Å². The van der Waals surface area contributed by atoms with Gasteiger partial charge in [-0.05, 0) is 42.3 Å². The van der Waals surface area contributed by atoms with E-state index in [4.69, 9.17) is 4.74 Å². The van der Waals surface area contributed by atoms with Gasteiger partial charge in [-0.3, -0.25) is 0 Å². The predicted molar refractivity (Wildman–Crippen MR) is 72.7 cm³/mol. The summed E-state index contributed by atoms with van der Waals surface area (Å²) in [6.45, 7) is 2.54. The van der Waals surface area contributed by atoms with Crippen molar-refractivity contribution >= 4 is 0 Å². The van der Waals surface area contributed by atoms with Crippen LogP contribution in [0.25, 0.3) is 0 Å². The first kappa shape index (κ1) is 13.6. The molecule has 0 heterocycles. The molecule has 1 N–H and O–H groups in total. The molecule has 0 bridgehead atoms. The van der Waals surface area contributed by atoms with Crippen molar-refractivity contribution in [3.05, 3.63) is 65.5 Å². The Balaban J connectivity index is 2.05. The van der Waals surface area contributed by atoms with Crippen LogP contribution in [0.5, 0.6) is 5.75 Å². The summed E-state index contributed by atoms with van der Waals surface area (Å²) in [4.78, 5) is 0. The zero-order valence-electron chi connectivity index (χ0n) is 10.8. The van der Waals surface area contributed by atoms with Crippen LogP contribution >= 0.6 is 0 Å². The van der Waals surface area contributed by atoms with Gasteiger partial charge in [-0.2, -0.15) is 0 Å². The highest BCUT2D eigenvalue weighted by Crippen LogP contribution is 2.21. The van der Waals surface area contributed by atoms with Crippen molar-refractivity contribution in [1.82, 2.24) is 0 Å². The van der Waals surface area contributed by atoms with E-state index in [9.17, 15) is 9.50 Å². The van der Waals surface area contributed by atoms with E-state index in [1.54, 1.807) is 12.1 Å². The highest BCUT2D eigenvalue weighted by molar-refractivity contribution is 5.29. The second-order valence-electron chi connectivity index (χ2n) is 4.35. The number of rotatable bonds is 5. The number of halogens is 1. The van der Waals surface area contributed by atoms with E-state index in [0.29, 0.717) is 13.0 Å². The minimum atomic E-state index is -0.641. The van der Waals surface area contributed by atoms with Crippen molar-refractivity contribution in [2.75, 3.05) is 6.61 Å². The standard InChI is InChI=1S/C16H17FO2/c1-2-19-15-8-6-13(7-9-15)16(18)11-12-4-3-5-14(17)10-12/h3-10,16,18H,2,11H2,1H3. The normalized spacial score (nSPS) is 12.2. The molecule has 0 spiro atoms. The number of aliphatic hydroxyl groups is 1. The molecule has 0 aliphatic rings. The Morgan fingerprint density at radius 3 is 2.53 bits per heavy atom. The van der Waals surface area contributed by atoms with E-state index in [0.717, 1.165) is 16.9 Å². The lowest BCUT2D eigenvalue weighted by atomic mass is 10.0. The predicted octanol–water partition coefficient (Wildman–Crippen LogP) is 3.50. The molecule has 0 aromatic heterocycles. The molecule has 2 aromatic rings. The summed E-state index contributed by atoms with van der Waals surface area (Å²) >= 11 is 0. The van der Waals surface area contributed by atoms with E-state index >= 15 is 0 Å². The van der Waals surface area contributed by atoms with E-state index in [1.807, 2.05) is 31.2 Å². The van der Waals surface area contributed by atoms with E-state index in [-0.39, 0.29) is 5.82 Å². The van der Waals surface area contributed by atoms with Crippen LogP contribution in [-0.2, 0) is 6.42 Å². The van der Waals surface area contributed by atoms with E-state index in [2.05, 4.69) is 0 Å². The van der Waals surface area contributed by atoms with Gasteiger partial charge in [0.2, 0.25) is 0 Å². The van der Waals surface area contributed by atoms with Gasteiger partial charge in [-0.25, -0.2) is 4.39 Å². The van der Waals surface area contributed by atoms with Gasteiger partial charge in [0.05, 0.1) is 12.7 Å². The zero-order valence-corrected chi connectivity index (χ0v) is 10.8. The second kappa shape index (κ2) is 6.34. The summed E-state index contributed by atoms with van der Waals surface area (Å²) in [5, 5.41) is 10.1. The van der Waals surface area contributed by atoms with Crippen LogP contribution in [0.4, 0.5) is 4.39 Å². The highest BCUT2D eigenvalue weighted by Gasteiger charge is 2.09.